The maximum absolute atomic E-state index is 12.8. The number of H-pyrrole nitrogens is 1. The van der Waals surface area contributed by atoms with Gasteiger partial charge in [-0.2, -0.15) is 13.2 Å². The molecule has 34 heavy (non-hydrogen) atoms. The Bertz CT molecular complexity index is 1400. The van der Waals surface area contributed by atoms with Crippen molar-refractivity contribution < 1.29 is 22.8 Å². The number of ketones is 1. The first-order valence-corrected chi connectivity index (χ1v) is 10.2. The summed E-state index contributed by atoms with van der Waals surface area (Å²) in [6.45, 7) is 1.92. The van der Waals surface area contributed by atoms with Crippen LogP contribution in [0.25, 0.3) is 10.9 Å². The maximum atomic E-state index is 12.8. The topological polar surface area (TPSA) is 123 Å². The molecule has 2 N–H and O–H groups in total. The summed E-state index contributed by atoms with van der Waals surface area (Å²) in [7, 11) is 0. The molecule has 0 radical (unpaired) electrons. The summed E-state index contributed by atoms with van der Waals surface area (Å²) in [6, 6.07) is 8.11. The van der Waals surface area contributed by atoms with Gasteiger partial charge in [0.2, 0.25) is 5.91 Å². The Kier molecular flexibility index (Phi) is 6.89. The average molecular weight is 478 g/mol. The number of hydrogen-bond donors (Lipinski definition) is 2. The minimum absolute atomic E-state index is 0.0275. The lowest BCUT2D eigenvalue weighted by atomic mass is 9.99. The van der Waals surface area contributed by atoms with Crippen LogP contribution in [0, 0.1) is 5.92 Å². The van der Waals surface area contributed by atoms with Gasteiger partial charge in [-0.3, -0.25) is 23.7 Å². The summed E-state index contributed by atoms with van der Waals surface area (Å²) in [5.41, 5.74) is -2.10. The van der Waals surface area contributed by atoms with Gasteiger partial charge in [-0.1, -0.05) is 44.2 Å². The van der Waals surface area contributed by atoms with Gasteiger partial charge in [0.1, 0.15) is 12.1 Å². The second-order valence-electron chi connectivity index (χ2n) is 8.00. The van der Waals surface area contributed by atoms with Crippen molar-refractivity contribution in [1.82, 2.24) is 19.4 Å². The van der Waals surface area contributed by atoms with Gasteiger partial charge in [-0.05, 0) is 17.5 Å². The number of nitrogens with zero attached hydrogens (tertiary/aromatic N) is 2. The largest absolute Gasteiger partial charge is 0.452 e. The van der Waals surface area contributed by atoms with Crippen molar-refractivity contribution in [3.8, 4) is 0 Å². The number of alkyl halides is 3. The first kappa shape index (κ1) is 24.7. The molecule has 3 rings (SSSR count). The van der Waals surface area contributed by atoms with Gasteiger partial charge >= 0.3 is 11.9 Å². The number of rotatable bonds is 7. The number of aromatic amines is 1. The first-order chi connectivity index (χ1) is 15.9. The Balaban J connectivity index is 1.91. The Morgan fingerprint density at radius 3 is 2.26 bits per heavy atom. The summed E-state index contributed by atoms with van der Waals surface area (Å²) in [5.74, 6) is -3.98. The van der Waals surface area contributed by atoms with Crippen LogP contribution < -0.4 is 22.1 Å². The lowest BCUT2D eigenvalue weighted by molar-refractivity contribution is -0.174. The van der Waals surface area contributed by atoms with Crippen molar-refractivity contribution in [2.45, 2.75) is 39.2 Å². The summed E-state index contributed by atoms with van der Waals surface area (Å²) in [4.78, 5) is 64.3. The summed E-state index contributed by atoms with van der Waals surface area (Å²) in [6.07, 6.45) is -4.02. The fourth-order valence-corrected chi connectivity index (χ4v) is 3.40. The lowest BCUT2D eigenvalue weighted by Crippen LogP contribution is -2.50. The molecule has 3 aromatic rings. The van der Waals surface area contributed by atoms with Crippen LogP contribution >= 0.6 is 0 Å². The standard InChI is InChI=1S/C22H21F3N4O5/c1-12(2)16(18(31)22(23,24)25)26-15(30)11-28-9-8-14-17(20(28)33)27-21(34)29(19(14)32)10-13-6-4-3-5-7-13/h3-9,12,16H,10-11H2,1-2H3,(H,26,30)(H,27,34). The molecule has 0 aliphatic heterocycles. The SMILES string of the molecule is CC(C)C(NC(=O)Cn1ccc2c(=O)n(Cc3ccccc3)c(=O)[nH]c2c1=O)C(=O)C(F)(F)F. The van der Waals surface area contributed by atoms with Gasteiger partial charge in [-0.25, -0.2) is 4.79 Å². The molecular formula is C22H21F3N4O5. The van der Waals surface area contributed by atoms with E-state index in [1.165, 1.54) is 19.9 Å². The highest BCUT2D eigenvalue weighted by Gasteiger charge is 2.44. The molecule has 180 valence electrons. The Morgan fingerprint density at radius 1 is 1.03 bits per heavy atom. The highest BCUT2D eigenvalue weighted by molar-refractivity contribution is 5.93. The third-order valence-corrected chi connectivity index (χ3v) is 5.16. The molecule has 1 atom stereocenters. The third kappa shape index (κ3) is 5.16. The average Bonchev–Trinajstić information content (AvgIpc) is 2.76. The van der Waals surface area contributed by atoms with E-state index in [4.69, 9.17) is 0 Å². The number of carbonyl (C=O) groups is 2. The molecule has 1 amide bonds. The first-order valence-electron chi connectivity index (χ1n) is 10.2. The monoisotopic (exact) mass is 478 g/mol. The number of pyridine rings is 1. The van der Waals surface area contributed by atoms with Gasteiger partial charge in [0.25, 0.3) is 16.9 Å². The van der Waals surface area contributed by atoms with E-state index >= 15 is 0 Å². The Morgan fingerprint density at radius 2 is 1.68 bits per heavy atom. The molecule has 0 saturated carbocycles. The molecule has 1 unspecified atom stereocenters. The van der Waals surface area contributed by atoms with E-state index in [2.05, 4.69) is 4.98 Å². The number of aromatic nitrogens is 3. The molecule has 1 aromatic carbocycles. The Labute approximate surface area is 189 Å². The fraction of sp³-hybridized carbons (Fsp3) is 0.318. The minimum Gasteiger partial charge on any atom is -0.344 e. The zero-order chi connectivity index (χ0) is 25.2. The molecule has 0 bridgehead atoms. The van der Waals surface area contributed by atoms with Gasteiger partial charge in [-0.15, -0.1) is 0 Å². The van der Waals surface area contributed by atoms with Crippen molar-refractivity contribution in [3.05, 3.63) is 79.4 Å². The molecule has 12 heteroatoms. The maximum Gasteiger partial charge on any atom is 0.452 e. The number of carbonyl (C=O) groups excluding carboxylic acids is 2. The fourth-order valence-electron chi connectivity index (χ4n) is 3.40. The quantitative estimate of drug-likeness (QED) is 0.528. The number of benzene rings is 1. The van der Waals surface area contributed by atoms with Crippen LogP contribution in [0.2, 0.25) is 0 Å². The lowest BCUT2D eigenvalue weighted by Gasteiger charge is -2.22. The van der Waals surface area contributed by atoms with Crippen molar-refractivity contribution >= 4 is 22.6 Å². The minimum atomic E-state index is -5.14. The summed E-state index contributed by atoms with van der Waals surface area (Å²) < 4.78 is 40.1. The van der Waals surface area contributed by atoms with E-state index in [-0.39, 0.29) is 17.4 Å². The molecular weight excluding hydrogens is 457 g/mol. The van der Waals surface area contributed by atoms with E-state index in [1.54, 1.807) is 30.3 Å². The summed E-state index contributed by atoms with van der Waals surface area (Å²) in [5, 5.41) is 1.91. The van der Waals surface area contributed by atoms with Gasteiger partial charge in [0.05, 0.1) is 18.0 Å². The molecule has 0 aliphatic rings. The van der Waals surface area contributed by atoms with Crippen LogP contribution in [-0.4, -0.2) is 38.0 Å². The van der Waals surface area contributed by atoms with E-state index < -0.39 is 53.2 Å². The summed E-state index contributed by atoms with van der Waals surface area (Å²) >= 11 is 0. The molecule has 0 fully saturated rings. The van der Waals surface area contributed by atoms with Crippen LogP contribution in [0.5, 0.6) is 0 Å². The number of hydrogen-bond acceptors (Lipinski definition) is 5. The van der Waals surface area contributed by atoms with E-state index in [0.717, 1.165) is 15.3 Å². The van der Waals surface area contributed by atoms with Crippen LogP contribution in [0.15, 0.2) is 57.0 Å². The van der Waals surface area contributed by atoms with E-state index in [9.17, 15) is 37.1 Å². The number of amides is 1. The zero-order valence-corrected chi connectivity index (χ0v) is 18.2. The van der Waals surface area contributed by atoms with E-state index in [0.29, 0.717) is 5.56 Å². The van der Waals surface area contributed by atoms with Gasteiger partial charge in [0, 0.05) is 6.20 Å². The number of fused-ring (bicyclic) bond motifs is 1. The van der Waals surface area contributed by atoms with Gasteiger partial charge in [0.15, 0.2) is 0 Å². The van der Waals surface area contributed by atoms with Crippen molar-refractivity contribution in [2.75, 3.05) is 0 Å². The van der Waals surface area contributed by atoms with Gasteiger partial charge < -0.3 is 14.9 Å². The molecule has 0 saturated heterocycles. The normalized spacial score (nSPS) is 12.6. The van der Waals surface area contributed by atoms with Crippen LogP contribution in [0.4, 0.5) is 13.2 Å². The highest BCUT2D eigenvalue weighted by Crippen LogP contribution is 2.21. The van der Waals surface area contributed by atoms with Crippen molar-refractivity contribution in [3.63, 3.8) is 0 Å². The van der Waals surface area contributed by atoms with Crippen LogP contribution in [0.1, 0.15) is 19.4 Å². The molecule has 2 heterocycles. The van der Waals surface area contributed by atoms with Crippen LogP contribution in [0.3, 0.4) is 0 Å². The number of nitrogens with one attached hydrogen (secondary N) is 2. The Hall–Kier alpha value is -3.96. The molecule has 9 nitrogen and oxygen atoms in total. The smallest absolute Gasteiger partial charge is 0.344 e. The second-order valence-corrected chi connectivity index (χ2v) is 8.00. The number of halogens is 3. The number of Topliss-reactive ketones (excluding diaryl/α,β-unsaturated/α-hetero) is 1. The van der Waals surface area contributed by atoms with Crippen LogP contribution in [-0.2, 0) is 22.7 Å². The van der Waals surface area contributed by atoms with Crippen molar-refractivity contribution in [1.29, 1.82) is 0 Å². The predicted molar refractivity (Wildman–Crippen MR) is 116 cm³/mol. The second kappa shape index (κ2) is 9.49. The molecule has 2 aromatic heterocycles. The highest BCUT2D eigenvalue weighted by atomic mass is 19.4. The molecule has 0 spiro atoms. The van der Waals surface area contributed by atoms with Crippen molar-refractivity contribution in [2.24, 2.45) is 5.92 Å². The third-order valence-electron chi connectivity index (χ3n) is 5.16. The van der Waals surface area contributed by atoms with E-state index in [1.807, 2.05) is 5.32 Å². The predicted octanol–water partition coefficient (Wildman–Crippen LogP) is 1.17. The molecule has 0 aliphatic carbocycles. The zero-order valence-electron chi connectivity index (χ0n) is 18.2.